The van der Waals surface area contributed by atoms with Crippen molar-refractivity contribution in [2.45, 2.75) is 11.1 Å². The Kier molecular flexibility index (Phi) is 4.40. The van der Waals surface area contributed by atoms with Gasteiger partial charge in [0.2, 0.25) is 15.6 Å². The lowest BCUT2D eigenvalue weighted by Gasteiger charge is -2.34. The Bertz CT molecular complexity index is 628. The zero-order valence-electron chi connectivity index (χ0n) is 10.9. The number of aromatic nitrogens is 1. The molecule has 1 aliphatic heterocycles. The van der Waals surface area contributed by atoms with Gasteiger partial charge in [-0.05, 0) is 6.07 Å². The first-order valence-electron chi connectivity index (χ1n) is 6.16. The van der Waals surface area contributed by atoms with Crippen LogP contribution in [0.15, 0.2) is 28.0 Å². The lowest BCUT2D eigenvalue weighted by molar-refractivity contribution is -0.148. The molecular weight excluding hydrogens is 311 g/mol. The van der Waals surface area contributed by atoms with Crippen LogP contribution in [0, 0.1) is 0 Å². The van der Waals surface area contributed by atoms with Crippen LogP contribution in [0.4, 0.5) is 13.2 Å². The van der Waals surface area contributed by atoms with Crippen molar-refractivity contribution in [3.8, 4) is 0 Å². The van der Waals surface area contributed by atoms with Crippen molar-refractivity contribution < 1.29 is 21.6 Å². The summed E-state index contributed by atoms with van der Waals surface area (Å²) in [5, 5.41) is 0. The third-order valence-corrected chi connectivity index (χ3v) is 5.02. The van der Waals surface area contributed by atoms with Crippen molar-refractivity contribution in [1.82, 2.24) is 14.2 Å². The van der Waals surface area contributed by atoms with Crippen LogP contribution in [-0.2, 0) is 10.0 Å². The summed E-state index contributed by atoms with van der Waals surface area (Å²) in [5.74, 6) is 0. The molecule has 1 aliphatic rings. The minimum atomic E-state index is -4.29. The van der Waals surface area contributed by atoms with Gasteiger partial charge in [0, 0.05) is 38.4 Å². The zero-order chi connectivity index (χ0) is 15.7. The largest absolute Gasteiger partial charge is 0.401 e. The Balaban J connectivity index is 2.04. The molecule has 2 heterocycles. The van der Waals surface area contributed by atoms with Crippen LogP contribution < -0.4 is 5.56 Å². The first-order valence-corrected chi connectivity index (χ1v) is 7.60. The molecule has 0 aromatic carbocycles. The van der Waals surface area contributed by atoms with Crippen LogP contribution in [0.3, 0.4) is 0 Å². The molecule has 1 aromatic rings. The predicted octanol–water partition coefficient (Wildman–Crippen LogP) is 0.243. The van der Waals surface area contributed by atoms with E-state index >= 15 is 0 Å². The van der Waals surface area contributed by atoms with Crippen molar-refractivity contribution >= 4 is 10.0 Å². The van der Waals surface area contributed by atoms with Crippen LogP contribution in [0.5, 0.6) is 0 Å². The highest BCUT2D eigenvalue weighted by atomic mass is 32.2. The normalized spacial score (nSPS) is 18.8. The summed E-state index contributed by atoms with van der Waals surface area (Å²) in [4.78, 5) is 14.3. The molecule has 6 nitrogen and oxygen atoms in total. The summed E-state index contributed by atoms with van der Waals surface area (Å²) in [7, 11) is -3.79. The molecule has 0 aliphatic carbocycles. The Hall–Kier alpha value is -1.39. The Morgan fingerprint density at radius 3 is 2.24 bits per heavy atom. The van der Waals surface area contributed by atoms with Gasteiger partial charge in [0.05, 0.1) is 11.4 Å². The Morgan fingerprint density at radius 2 is 1.76 bits per heavy atom. The third-order valence-electron chi connectivity index (χ3n) is 3.13. The Morgan fingerprint density at radius 1 is 1.14 bits per heavy atom. The fourth-order valence-electron chi connectivity index (χ4n) is 2.09. The van der Waals surface area contributed by atoms with E-state index in [0.29, 0.717) is 0 Å². The number of sulfonamides is 1. The van der Waals surface area contributed by atoms with Gasteiger partial charge in [0.15, 0.2) is 0 Å². The van der Waals surface area contributed by atoms with E-state index in [0.717, 1.165) is 16.6 Å². The van der Waals surface area contributed by atoms with Gasteiger partial charge in [-0.1, -0.05) is 0 Å². The van der Waals surface area contributed by atoms with Crippen LogP contribution >= 0.6 is 0 Å². The molecule has 118 valence electrons. The number of aromatic amines is 1. The van der Waals surface area contributed by atoms with Crippen molar-refractivity contribution in [2.24, 2.45) is 0 Å². The van der Waals surface area contributed by atoms with E-state index in [2.05, 4.69) is 4.98 Å². The van der Waals surface area contributed by atoms with E-state index in [9.17, 15) is 26.4 Å². The summed E-state index contributed by atoms with van der Waals surface area (Å²) in [6, 6.07) is 2.27. The highest BCUT2D eigenvalue weighted by molar-refractivity contribution is 7.89. The molecule has 0 bridgehead atoms. The standard InChI is InChI=1S/C11H14F3N3O3S/c12-11(13,14)8-16-3-5-17(6-4-16)21(19,20)9-1-2-10(18)15-7-9/h1-2,7H,3-6,8H2,(H,15,18). The minimum Gasteiger partial charge on any atom is -0.328 e. The van der Waals surface area contributed by atoms with E-state index in [1.807, 2.05) is 0 Å². The maximum absolute atomic E-state index is 12.3. The van der Waals surface area contributed by atoms with Crippen LogP contribution in [0.25, 0.3) is 0 Å². The van der Waals surface area contributed by atoms with E-state index in [1.54, 1.807) is 0 Å². The highest BCUT2D eigenvalue weighted by Gasteiger charge is 2.34. The van der Waals surface area contributed by atoms with Crippen LogP contribution in [-0.4, -0.2) is 61.5 Å². The number of nitrogens with zero attached hydrogens (tertiary/aromatic N) is 2. The van der Waals surface area contributed by atoms with Crippen molar-refractivity contribution in [3.05, 3.63) is 28.7 Å². The molecule has 0 radical (unpaired) electrons. The number of piperazine rings is 1. The topological polar surface area (TPSA) is 73.5 Å². The number of pyridine rings is 1. The van der Waals surface area contributed by atoms with E-state index in [4.69, 9.17) is 0 Å². The molecule has 1 N–H and O–H groups in total. The number of H-pyrrole nitrogens is 1. The number of halogens is 3. The Labute approximate surface area is 119 Å². The van der Waals surface area contributed by atoms with Gasteiger partial charge >= 0.3 is 6.18 Å². The summed E-state index contributed by atoms with van der Waals surface area (Å²) in [5.41, 5.74) is -0.427. The van der Waals surface area contributed by atoms with Crippen LogP contribution in [0.2, 0.25) is 0 Å². The molecule has 0 amide bonds. The lowest BCUT2D eigenvalue weighted by atomic mass is 10.3. The van der Waals surface area contributed by atoms with Gasteiger partial charge in [0.25, 0.3) is 0 Å². The number of rotatable bonds is 3. The molecule has 10 heteroatoms. The van der Waals surface area contributed by atoms with Gasteiger partial charge in [-0.15, -0.1) is 0 Å². The minimum absolute atomic E-state index is 0.0160. The average molecular weight is 325 g/mol. The van der Waals surface area contributed by atoms with Gasteiger partial charge in [-0.25, -0.2) is 8.42 Å². The molecule has 2 rings (SSSR count). The SMILES string of the molecule is O=c1ccc(S(=O)(=O)N2CCN(CC(F)(F)F)CC2)c[nH]1. The van der Waals surface area contributed by atoms with Crippen molar-refractivity contribution in [1.29, 1.82) is 0 Å². The number of hydrogen-bond donors (Lipinski definition) is 1. The first kappa shape index (κ1) is 16.0. The molecule has 1 saturated heterocycles. The monoisotopic (exact) mass is 325 g/mol. The van der Waals surface area contributed by atoms with Gasteiger partial charge < -0.3 is 4.98 Å². The second kappa shape index (κ2) is 5.78. The van der Waals surface area contributed by atoms with Crippen molar-refractivity contribution in [3.63, 3.8) is 0 Å². The van der Waals surface area contributed by atoms with E-state index < -0.39 is 28.3 Å². The highest BCUT2D eigenvalue weighted by Crippen LogP contribution is 2.20. The zero-order valence-corrected chi connectivity index (χ0v) is 11.7. The number of hydrogen-bond acceptors (Lipinski definition) is 4. The number of alkyl halides is 3. The lowest BCUT2D eigenvalue weighted by Crippen LogP contribution is -2.50. The predicted molar refractivity (Wildman–Crippen MR) is 68.3 cm³/mol. The summed E-state index contributed by atoms with van der Waals surface area (Å²) >= 11 is 0. The maximum atomic E-state index is 12.3. The molecular formula is C11H14F3N3O3S. The quantitative estimate of drug-likeness (QED) is 0.864. The fraction of sp³-hybridized carbons (Fsp3) is 0.545. The summed E-state index contributed by atoms with van der Waals surface area (Å²) in [6.45, 7) is -1.04. The van der Waals surface area contributed by atoms with Gasteiger partial charge in [-0.3, -0.25) is 9.69 Å². The molecule has 0 atom stereocenters. The fourth-order valence-corrected chi connectivity index (χ4v) is 3.48. The van der Waals surface area contributed by atoms with Crippen molar-refractivity contribution in [2.75, 3.05) is 32.7 Å². The summed E-state index contributed by atoms with van der Waals surface area (Å²) < 4.78 is 62.4. The maximum Gasteiger partial charge on any atom is 0.401 e. The molecule has 0 saturated carbocycles. The third kappa shape index (κ3) is 4.05. The van der Waals surface area contributed by atoms with Gasteiger partial charge in [0.1, 0.15) is 0 Å². The molecule has 0 unspecified atom stereocenters. The molecule has 1 fully saturated rings. The molecule has 1 aromatic heterocycles. The van der Waals surface area contributed by atoms with E-state index in [-0.39, 0.29) is 31.1 Å². The number of nitrogens with one attached hydrogen (secondary N) is 1. The smallest absolute Gasteiger partial charge is 0.328 e. The molecule has 0 spiro atoms. The average Bonchev–Trinajstić information content (AvgIpc) is 2.38. The first-order chi connectivity index (χ1) is 9.68. The van der Waals surface area contributed by atoms with Gasteiger partial charge in [-0.2, -0.15) is 17.5 Å². The van der Waals surface area contributed by atoms with Crippen LogP contribution in [0.1, 0.15) is 0 Å². The summed E-state index contributed by atoms with van der Waals surface area (Å²) in [6.07, 6.45) is -3.21. The van der Waals surface area contributed by atoms with E-state index in [1.165, 1.54) is 11.0 Å². The second-order valence-corrected chi connectivity index (χ2v) is 6.62. The molecule has 21 heavy (non-hydrogen) atoms. The second-order valence-electron chi connectivity index (χ2n) is 4.68.